The van der Waals surface area contributed by atoms with Gasteiger partial charge in [-0.25, -0.2) is 9.59 Å². The van der Waals surface area contributed by atoms with Crippen LogP contribution in [0.3, 0.4) is 0 Å². The summed E-state index contributed by atoms with van der Waals surface area (Å²) in [7, 11) is 0. The average Bonchev–Trinajstić information content (AvgIpc) is 3.17. The number of ether oxygens (including phenoxy) is 4. The molecule has 0 aliphatic carbocycles. The Morgan fingerprint density at radius 3 is 1.17 bits per heavy atom. The van der Waals surface area contributed by atoms with E-state index in [2.05, 4.69) is 13.8 Å². The molecule has 8 heteroatoms. The highest BCUT2D eigenvalue weighted by atomic mass is 16.5. The first-order valence-electron chi connectivity index (χ1n) is 18.3. The summed E-state index contributed by atoms with van der Waals surface area (Å²) in [5.41, 5.74) is 2.27. The van der Waals surface area contributed by atoms with Crippen molar-refractivity contribution in [2.45, 2.75) is 71.6 Å². The fourth-order valence-electron chi connectivity index (χ4n) is 5.18. The number of esters is 2. The molecule has 53 heavy (non-hydrogen) atoms. The van der Waals surface area contributed by atoms with Crippen molar-refractivity contribution in [3.8, 4) is 23.0 Å². The fourth-order valence-corrected chi connectivity index (χ4v) is 5.18. The van der Waals surface area contributed by atoms with Crippen LogP contribution in [0.4, 0.5) is 0 Å². The van der Waals surface area contributed by atoms with Gasteiger partial charge in [0, 0.05) is 23.3 Å². The van der Waals surface area contributed by atoms with Gasteiger partial charge in [0.05, 0.1) is 19.6 Å². The number of carbonyl (C=O) groups excluding carboxylic acids is 4. The van der Waals surface area contributed by atoms with Crippen molar-refractivity contribution in [1.29, 1.82) is 0 Å². The van der Waals surface area contributed by atoms with E-state index in [1.807, 2.05) is 48.5 Å². The Morgan fingerprint density at radius 1 is 0.453 bits per heavy atom. The first kappa shape index (κ1) is 40.0. The topological polar surface area (TPSA) is 105 Å². The minimum atomic E-state index is -0.565. The van der Waals surface area contributed by atoms with Gasteiger partial charge < -0.3 is 18.9 Å². The Hall–Kier alpha value is -5.76. The van der Waals surface area contributed by atoms with Crippen molar-refractivity contribution in [3.05, 3.63) is 131 Å². The third-order valence-electron chi connectivity index (χ3n) is 8.23. The minimum absolute atomic E-state index is 0.269. The molecule has 0 heterocycles. The lowest BCUT2D eigenvalue weighted by Gasteiger charge is -2.06. The normalized spacial score (nSPS) is 11.1. The van der Waals surface area contributed by atoms with Gasteiger partial charge in [0.25, 0.3) is 0 Å². The molecule has 0 N–H and O–H groups in total. The van der Waals surface area contributed by atoms with E-state index in [0.717, 1.165) is 48.3 Å². The lowest BCUT2D eigenvalue weighted by atomic mass is 10.0. The smallest absolute Gasteiger partial charge is 0.336 e. The summed E-state index contributed by atoms with van der Waals surface area (Å²) in [6, 6.07) is 27.0. The second-order valence-corrected chi connectivity index (χ2v) is 12.5. The van der Waals surface area contributed by atoms with Gasteiger partial charge >= 0.3 is 11.9 Å². The van der Waals surface area contributed by atoms with E-state index in [0.29, 0.717) is 24.3 Å². The molecule has 0 saturated heterocycles. The molecule has 4 rings (SSSR count). The van der Waals surface area contributed by atoms with E-state index in [-0.39, 0.29) is 29.5 Å². The van der Waals surface area contributed by atoms with Crippen LogP contribution in [0.25, 0.3) is 12.2 Å². The molecule has 4 aromatic rings. The Labute approximate surface area is 312 Å². The molecule has 0 fully saturated rings. The third-order valence-corrected chi connectivity index (χ3v) is 8.23. The predicted molar refractivity (Wildman–Crippen MR) is 208 cm³/mol. The van der Waals surface area contributed by atoms with Crippen LogP contribution >= 0.6 is 0 Å². The molecule has 0 aliphatic heterocycles. The van der Waals surface area contributed by atoms with Crippen molar-refractivity contribution >= 4 is 35.7 Å². The summed E-state index contributed by atoms with van der Waals surface area (Å²) in [5, 5.41) is 0. The molecule has 0 atom stereocenters. The summed E-state index contributed by atoms with van der Waals surface area (Å²) in [6.07, 6.45) is 14.7. The minimum Gasteiger partial charge on any atom is -0.494 e. The lowest BCUT2D eigenvalue weighted by Crippen LogP contribution is -2.09. The zero-order valence-corrected chi connectivity index (χ0v) is 30.6. The maximum absolute atomic E-state index is 12.8. The first-order valence-corrected chi connectivity index (χ1v) is 18.3. The van der Waals surface area contributed by atoms with Gasteiger partial charge in [0.2, 0.25) is 0 Å². The zero-order chi connectivity index (χ0) is 37.7. The van der Waals surface area contributed by atoms with E-state index in [1.165, 1.54) is 86.4 Å². The van der Waals surface area contributed by atoms with E-state index in [9.17, 15) is 19.2 Å². The van der Waals surface area contributed by atoms with Crippen molar-refractivity contribution in [2.24, 2.45) is 0 Å². The number of hydrogen-bond acceptors (Lipinski definition) is 8. The molecule has 4 aromatic carbocycles. The predicted octanol–water partition coefficient (Wildman–Crippen LogP) is 10.3. The van der Waals surface area contributed by atoms with Crippen molar-refractivity contribution in [2.75, 3.05) is 13.2 Å². The van der Waals surface area contributed by atoms with Crippen LogP contribution in [-0.4, -0.2) is 36.7 Å². The van der Waals surface area contributed by atoms with Crippen LogP contribution in [0.1, 0.15) is 103 Å². The SMILES string of the molecule is CCCCCCOc1ccc(/C=C/C(=O)Oc2ccc(C(=O)CC(=O)c3ccc(OC(=O)/C=C/c4ccc(OCCCCCC)cc4)cc3)cc2)cc1. The van der Waals surface area contributed by atoms with E-state index in [1.54, 1.807) is 12.2 Å². The fraction of sp³-hybridized carbons (Fsp3) is 0.289. The van der Waals surface area contributed by atoms with E-state index in [4.69, 9.17) is 18.9 Å². The molecule has 0 radical (unpaired) electrons. The van der Waals surface area contributed by atoms with Gasteiger partial charge in [-0.3, -0.25) is 9.59 Å². The average molecular weight is 717 g/mol. The van der Waals surface area contributed by atoms with E-state index < -0.39 is 11.9 Å². The maximum Gasteiger partial charge on any atom is 0.336 e. The van der Waals surface area contributed by atoms with Crippen molar-refractivity contribution in [3.63, 3.8) is 0 Å². The van der Waals surface area contributed by atoms with Gasteiger partial charge in [-0.15, -0.1) is 0 Å². The highest BCUT2D eigenvalue weighted by Gasteiger charge is 2.15. The van der Waals surface area contributed by atoms with Gasteiger partial charge in [-0.05, 0) is 109 Å². The Balaban J connectivity index is 1.17. The van der Waals surface area contributed by atoms with Gasteiger partial charge in [0.1, 0.15) is 23.0 Å². The number of rotatable bonds is 22. The Bertz CT molecular complexity index is 1670. The summed E-state index contributed by atoms with van der Waals surface area (Å²) in [4.78, 5) is 50.3. The van der Waals surface area contributed by atoms with Crippen LogP contribution in [0, 0.1) is 0 Å². The summed E-state index contributed by atoms with van der Waals surface area (Å²) in [5.74, 6) is 0.219. The molecule has 0 aromatic heterocycles. The second kappa shape index (κ2) is 22.2. The quantitative estimate of drug-likeness (QED) is 0.0198. The number of Topliss-reactive ketones (excluding diaryl/α,β-unsaturated/α-hetero) is 2. The molecule has 0 aliphatic rings. The molecule has 0 spiro atoms. The number of benzene rings is 4. The largest absolute Gasteiger partial charge is 0.494 e. The van der Waals surface area contributed by atoms with E-state index >= 15 is 0 Å². The van der Waals surface area contributed by atoms with Crippen molar-refractivity contribution in [1.82, 2.24) is 0 Å². The van der Waals surface area contributed by atoms with Crippen LogP contribution in [0.15, 0.2) is 109 Å². The van der Waals surface area contributed by atoms with Gasteiger partial charge in [-0.2, -0.15) is 0 Å². The highest BCUT2D eigenvalue weighted by Crippen LogP contribution is 2.19. The molecular weight excluding hydrogens is 668 g/mol. The third kappa shape index (κ3) is 14.8. The molecule has 0 amide bonds. The van der Waals surface area contributed by atoms with Crippen molar-refractivity contribution < 1.29 is 38.1 Å². The Kier molecular flexibility index (Phi) is 16.8. The highest BCUT2D eigenvalue weighted by molar-refractivity contribution is 6.13. The summed E-state index contributed by atoms with van der Waals surface area (Å²) in [6.45, 7) is 5.72. The number of unbranched alkanes of at least 4 members (excludes halogenated alkanes) is 6. The van der Waals surface area contributed by atoms with Crippen LogP contribution < -0.4 is 18.9 Å². The number of ketones is 2. The molecule has 0 unspecified atom stereocenters. The summed E-state index contributed by atoms with van der Waals surface area (Å²) < 4.78 is 22.2. The Morgan fingerprint density at radius 2 is 0.811 bits per heavy atom. The number of hydrogen-bond donors (Lipinski definition) is 0. The molecular formula is C45H48O8. The van der Waals surface area contributed by atoms with Crippen LogP contribution in [0.5, 0.6) is 23.0 Å². The molecule has 8 nitrogen and oxygen atoms in total. The number of carbonyl (C=O) groups is 4. The molecule has 276 valence electrons. The standard InChI is InChI=1S/C45H48O8/c1-3-5-7-9-31-50-38-21-11-34(12-22-38)15-29-44(48)52-40-25-17-36(18-26-40)42(46)33-43(47)37-19-27-41(28-20-37)53-45(49)30-16-35-13-23-39(24-14-35)51-32-10-8-6-4-2/h11-30H,3-10,31-33H2,1-2H3/b29-15+,30-16+. The lowest BCUT2D eigenvalue weighted by molar-refractivity contribution is -0.129. The zero-order valence-electron chi connectivity index (χ0n) is 30.6. The van der Waals surface area contributed by atoms with Crippen LogP contribution in [0.2, 0.25) is 0 Å². The van der Waals surface area contributed by atoms with Gasteiger partial charge in [-0.1, -0.05) is 76.6 Å². The van der Waals surface area contributed by atoms with Gasteiger partial charge in [0.15, 0.2) is 11.6 Å². The monoisotopic (exact) mass is 716 g/mol. The molecule has 0 saturated carbocycles. The molecule has 0 bridgehead atoms. The second-order valence-electron chi connectivity index (χ2n) is 12.5. The van der Waals surface area contributed by atoms with Crippen LogP contribution in [-0.2, 0) is 9.59 Å². The first-order chi connectivity index (χ1) is 25.8. The maximum atomic E-state index is 12.8. The summed E-state index contributed by atoms with van der Waals surface area (Å²) >= 11 is 0.